The van der Waals surface area contributed by atoms with Gasteiger partial charge in [-0.1, -0.05) is 37.8 Å². The van der Waals surface area contributed by atoms with Crippen LogP contribution in [-0.4, -0.2) is 82.3 Å². The fraction of sp³-hybridized carbons (Fsp3) is 0.585. The number of benzene rings is 2. The van der Waals surface area contributed by atoms with E-state index in [4.69, 9.17) is 18.9 Å². The molecule has 0 amide bonds. The average Bonchev–Trinajstić information content (AvgIpc) is 3.34. The second-order valence-corrected chi connectivity index (χ2v) is 13.6. The molecule has 0 bridgehead atoms. The number of unbranched alkanes of at least 4 members (excludes halogenated alkanes) is 2. The molecule has 0 N–H and O–H groups in total. The third-order valence-corrected chi connectivity index (χ3v) is 9.95. The monoisotopic (exact) mass is 658 g/mol. The molecule has 5 rings (SSSR count). The number of carbonyl (C=O) groups is 1. The lowest BCUT2D eigenvalue weighted by Gasteiger charge is -2.19. The normalized spacial score (nSPS) is 19.8. The summed E-state index contributed by atoms with van der Waals surface area (Å²) in [6.45, 7) is 8.61. The van der Waals surface area contributed by atoms with Crippen LogP contribution in [0.1, 0.15) is 101 Å². The molecule has 0 atom stereocenters. The van der Waals surface area contributed by atoms with E-state index in [-0.39, 0.29) is 5.78 Å². The molecule has 3 aliphatic rings. The first kappa shape index (κ1) is 36.0. The zero-order valence-corrected chi connectivity index (χ0v) is 29.6. The van der Waals surface area contributed by atoms with Crippen molar-refractivity contribution in [2.75, 3.05) is 66.7 Å². The Morgan fingerprint density at radius 2 is 0.979 bits per heavy atom. The van der Waals surface area contributed by atoms with Crippen LogP contribution >= 0.6 is 0 Å². The second-order valence-electron chi connectivity index (χ2n) is 13.6. The smallest absolute Gasteiger partial charge is 0.185 e. The molecule has 2 aromatic carbocycles. The standard InChI is InChI=1S/C41H58N2O5/c1-45-39-31-33(15-19-37(39)47-27-13-11-25-42-21-7-3-4-8-22-42)29-35-17-18-36(41(35)44)30-34-16-20-38(40(32-34)46-2)48-28-14-12-26-43-23-9-5-6-10-24-43/h15-16,19-20,29-32H,3-14,17-18,21-28H2,1-2H3/b35-29+,36-30+. The molecule has 2 aromatic rings. The molecule has 0 unspecified atom stereocenters. The summed E-state index contributed by atoms with van der Waals surface area (Å²) in [7, 11) is 3.34. The van der Waals surface area contributed by atoms with E-state index in [1.807, 2.05) is 48.6 Å². The largest absolute Gasteiger partial charge is 0.493 e. The van der Waals surface area contributed by atoms with Crippen molar-refractivity contribution in [3.63, 3.8) is 0 Å². The molecular formula is C41H58N2O5. The summed E-state index contributed by atoms with van der Waals surface area (Å²) in [6, 6.07) is 11.9. The Bertz CT molecular complexity index is 1250. The fourth-order valence-corrected chi connectivity index (χ4v) is 7.13. The van der Waals surface area contributed by atoms with Gasteiger partial charge in [0.05, 0.1) is 27.4 Å². The van der Waals surface area contributed by atoms with Crippen molar-refractivity contribution in [1.29, 1.82) is 0 Å². The molecule has 2 saturated heterocycles. The Labute approximate surface area is 289 Å². The third kappa shape index (κ3) is 11.1. The first-order chi connectivity index (χ1) is 23.6. The maximum absolute atomic E-state index is 13.4. The zero-order valence-electron chi connectivity index (χ0n) is 29.6. The summed E-state index contributed by atoms with van der Waals surface area (Å²) >= 11 is 0. The minimum Gasteiger partial charge on any atom is -0.493 e. The summed E-state index contributed by atoms with van der Waals surface area (Å²) in [5.74, 6) is 3.00. The Hall–Kier alpha value is -3.29. The van der Waals surface area contributed by atoms with Gasteiger partial charge in [0.2, 0.25) is 0 Å². The van der Waals surface area contributed by atoms with E-state index in [0.717, 1.165) is 85.4 Å². The van der Waals surface area contributed by atoms with E-state index in [0.29, 0.717) is 24.7 Å². The van der Waals surface area contributed by atoms with Crippen molar-refractivity contribution >= 4 is 17.9 Å². The summed E-state index contributed by atoms with van der Waals surface area (Å²) in [4.78, 5) is 18.6. The number of Topliss-reactive ketones (excluding diaryl/α,β-unsaturated/α-hetero) is 1. The number of likely N-dealkylation sites (tertiary alicyclic amines) is 2. The van der Waals surface area contributed by atoms with E-state index >= 15 is 0 Å². The number of rotatable bonds is 16. The molecule has 0 aromatic heterocycles. The van der Waals surface area contributed by atoms with Gasteiger partial charge in [0, 0.05) is 11.1 Å². The molecule has 262 valence electrons. The highest BCUT2D eigenvalue weighted by molar-refractivity contribution is 6.15. The number of ketones is 1. The zero-order chi connectivity index (χ0) is 33.4. The van der Waals surface area contributed by atoms with Gasteiger partial charge < -0.3 is 28.7 Å². The number of allylic oxidation sites excluding steroid dienone is 2. The minimum atomic E-state index is 0.0994. The van der Waals surface area contributed by atoms with Gasteiger partial charge in [-0.25, -0.2) is 0 Å². The molecule has 3 fully saturated rings. The summed E-state index contributed by atoms with van der Waals surface area (Å²) < 4.78 is 23.5. The lowest BCUT2D eigenvalue weighted by molar-refractivity contribution is -0.111. The molecule has 7 heteroatoms. The number of methoxy groups -OCH3 is 2. The maximum atomic E-state index is 13.4. The maximum Gasteiger partial charge on any atom is 0.185 e. The number of hydrogen-bond donors (Lipinski definition) is 0. The number of nitrogens with zero attached hydrogens (tertiary/aromatic N) is 2. The second kappa shape index (κ2) is 19.6. The third-order valence-electron chi connectivity index (χ3n) is 9.95. The van der Waals surface area contributed by atoms with Crippen molar-refractivity contribution in [3.05, 3.63) is 58.7 Å². The van der Waals surface area contributed by atoms with Crippen LogP contribution in [0.3, 0.4) is 0 Å². The van der Waals surface area contributed by atoms with Gasteiger partial charge in [-0.3, -0.25) is 4.79 Å². The molecule has 1 saturated carbocycles. The predicted octanol–water partition coefficient (Wildman–Crippen LogP) is 8.60. The van der Waals surface area contributed by atoms with Crippen molar-refractivity contribution in [2.45, 2.75) is 89.9 Å². The lowest BCUT2D eigenvalue weighted by Crippen LogP contribution is -2.25. The molecule has 1 aliphatic carbocycles. The van der Waals surface area contributed by atoms with Crippen LogP contribution < -0.4 is 18.9 Å². The van der Waals surface area contributed by atoms with E-state index in [1.165, 1.54) is 77.5 Å². The van der Waals surface area contributed by atoms with E-state index < -0.39 is 0 Å². The highest BCUT2D eigenvalue weighted by atomic mass is 16.5. The summed E-state index contributed by atoms with van der Waals surface area (Å²) in [5.41, 5.74) is 3.52. The van der Waals surface area contributed by atoms with Gasteiger partial charge in [0.15, 0.2) is 28.8 Å². The van der Waals surface area contributed by atoms with Crippen LogP contribution in [-0.2, 0) is 4.79 Å². The number of ether oxygens (including phenoxy) is 4. The Morgan fingerprint density at radius 1 is 0.562 bits per heavy atom. The van der Waals surface area contributed by atoms with Crippen molar-refractivity contribution in [3.8, 4) is 23.0 Å². The highest BCUT2D eigenvalue weighted by Gasteiger charge is 2.23. The van der Waals surface area contributed by atoms with Gasteiger partial charge in [0.25, 0.3) is 0 Å². The molecule has 0 radical (unpaired) electrons. The van der Waals surface area contributed by atoms with Crippen LogP contribution in [0.15, 0.2) is 47.5 Å². The van der Waals surface area contributed by atoms with Crippen molar-refractivity contribution in [1.82, 2.24) is 9.80 Å². The van der Waals surface area contributed by atoms with Crippen molar-refractivity contribution in [2.24, 2.45) is 0 Å². The first-order valence-corrected chi connectivity index (χ1v) is 18.6. The van der Waals surface area contributed by atoms with Crippen LogP contribution in [0.4, 0.5) is 0 Å². The summed E-state index contributed by atoms with van der Waals surface area (Å²) in [5, 5.41) is 0. The van der Waals surface area contributed by atoms with Gasteiger partial charge in [-0.15, -0.1) is 0 Å². The van der Waals surface area contributed by atoms with Gasteiger partial charge >= 0.3 is 0 Å². The molecule has 2 aliphatic heterocycles. The average molecular weight is 659 g/mol. The van der Waals surface area contributed by atoms with E-state index in [9.17, 15) is 4.79 Å². The highest BCUT2D eigenvalue weighted by Crippen LogP contribution is 2.34. The number of hydrogen-bond acceptors (Lipinski definition) is 7. The Balaban J connectivity index is 1.09. The number of carbonyl (C=O) groups excluding carboxylic acids is 1. The topological polar surface area (TPSA) is 60.5 Å². The van der Waals surface area contributed by atoms with Crippen molar-refractivity contribution < 1.29 is 23.7 Å². The van der Waals surface area contributed by atoms with Gasteiger partial charge in [-0.2, -0.15) is 0 Å². The first-order valence-electron chi connectivity index (χ1n) is 18.6. The summed E-state index contributed by atoms with van der Waals surface area (Å²) in [6.07, 6.45) is 20.6. The minimum absolute atomic E-state index is 0.0994. The van der Waals surface area contributed by atoms with Gasteiger partial charge in [-0.05, 0) is 151 Å². The SMILES string of the molecule is COc1cc(/C=C2\CC/C(=C\c3ccc(OCCCCN4CCCCCC4)c(OC)c3)C2=O)ccc1OCCCCN1CCCCCC1. The molecular weight excluding hydrogens is 600 g/mol. The molecule has 7 nitrogen and oxygen atoms in total. The van der Waals surface area contributed by atoms with E-state index in [1.54, 1.807) is 14.2 Å². The quantitative estimate of drug-likeness (QED) is 0.132. The van der Waals surface area contributed by atoms with Crippen LogP contribution in [0.5, 0.6) is 23.0 Å². The van der Waals surface area contributed by atoms with E-state index in [2.05, 4.69) is 9.80 Å². The van der Waals surface area contributed by atoms with Gasteiger partial charge in [0.1, 0.15) is 0 Å². The fourth-order valence-electron chi connectivity index (χ4n) is 7.13. The van der Waals surface area contributed by atoms with Crippen LogP contribution in [0.2, 0.25) is 0 Å². The molecule has 2 heterocycles. The van der Waals surface area contributed by atoms with Crippen LogP contribution in [0.25, 0.3) is 12.2 Å². The molecule has 0 spiro atoms. The molecule has 48 heavy (non-hydrogen) atoms. The van der Waals surface area contributed by atoms with Crippen LogP contribution in [0, 0.1) is 0 Å². The Kier molecular flexibility index (Phi) is 14.7. The Morgan fingerprint density at radius 3 is 1.38 bits per heavy atom. The lowest BCUT2D eigenvalue weighted by atomic mass is 10.1. The predicted molar refractivity (Wildman–Crippen MR) is 195 cm³/mol.